The van der Waals surface area contributed by atoms with E-state index in [9.17, 15) is 18.0 Å². The number of nitrogens with zero attached hydrogens (tertiary/aromatic N) is 2. The fraction of sp³-hybridized carbons (Fsp3) is 0.400. The topological polar surface area (TPSA) is 49.0 Å². The molecule has 0 saturated carbocycles. The Morgan fingerprint density at radius 2 is 2.24 bits per heavy atom. The van der Waals surface area contributed by atoms with Crippen molar-refractivity contribution < 1.29 is 18.0 Å². The van der Waals surface area contributed by atoms with Crippen molar-refractivity contribution >= 4 is 5.91 Å². The Hall–Kier alpha value is -1.79. The summed E-state index contributed by atoms with van der Waals surface area (Å²) in [6.45, 7) is 0.0637. The normalized spacial score (nSPS) is 16.9. The molecule has 7 heteroatoms. The number of halogens is 3. The van der Waals surface area contributed by atoms with Crippen LogP contribution in [0.15, 0.2) is 24.0 Å². The van der Waals surface area contributed by atoms with Gasteiger partial charge in [-0.15, -0.1) is 0 Å². The lowest BCUT2D eigenvalue weighted by atomic mass is 10.1. The number of hydrogen-bond acceptors (Lipinski definition) is 2. The van der Waals surface area contributed by atoms with Crippen LogP contribution in [0.3, 0.4) is 0 Å². The van der Waals surface area contributed by atoms with Crippen LogP contribution in [0.1, 0.15) is 16.8 Å². The number of aromatic nitrogens is 2. The van der Waals surface area contributed by atoms with Crippen LogP contribution in [-0.2, 0) is 0 Å². The Balaban J connectivity index is 2.05. The van der Waals surface area contributed by atoms with Crippen molar-refractivity contribution in [2.45, 2.75) is 12.6 Å². The molecule has 0 unspecified atom stereocenters. The number of carbonyl (C=O) groups is 1. The highest BCUT2D eigenvalue weighted by molar-refractivity contribution is 5.93. The predicted octanol–water partition coefficient (Wildman–Crippen LogP) is 1.74. The van der Waals surface area contributed by atoms with Crippen molar-refractivity contribution in [3.63, 3.8) is 0 Å². The second-order valence-electron chi connectivity index (χ2n) is 3.72. The maximum absolute atomic E-state index is 12.4. The Morgan fingerprint density at radius 1 is 1.47 bits per heavy atom. The quantitative estimate of drug-likeness (QED) is 0.766. The molecule has 4 nitrogen and oxygen atoms in total. The molecule has 0 saturated heterocycles. The second kappa shape index (κ2) is 4.23. The summed E-state index contributed by atoms with van der Waals surface area (Å²) >= 11 is 0. The van der Waals surface area contributed by atoms with E-state index in [0.717, 1.165) is 6.08 Å². The van der Waals surface area contributed by atoms with Crippen molar-refractivity contribution in [3.05, 3.63) is 29.6 Å². The molecule has 1 N–H and O–H groups in total. The Bertz CT molecular complexity index is 436. The second-order valence-corrected chi connectivity index (χ2v) is 3.72. The highest BCUT2D eigenvalue weighted by Gasteiger charge is 2.35. The molecule has 0 fully saturated rings. The van der Waals surface area contributed by atoms with E-state index >= 15 is 0 Å². The van der Waals surface area contributed by atoms with E-state index in [2.05, 4.69) is 10.2 Å². The maximum atomic E-state index is 12.4. The van der Waals surface area contributed by atoms with Gasteiger partial charge in [-0.1, -0.05) is 6.08 Å². The van der Waals surface area contributed by atoms with Gasteiger partial charge in [0.2, 0.25) is 0 Å². The summed E-state index contributed by atoms with van der Waals surface area (Å²) in [5.41, 5.74) is -0.206. The van der Waals surface area contributed by atoms with Gasteiger partial charge in [0.05, 0.1) is 11.8 Å². The molecule has 2 heterocycles. The highest BCUT2D eigenvalue weighted by atomic mass is 19.4. The number of rotatable bonds is 1. The molecule has 92 valence electrons. The van der Waals surface area contributed by atoms with E-state index < -0.39 is 11.7 Å². The summed E-state index contributed by atoms with van der Waals surface area (Å²) in [5, 5.41) is 6.11. The highest BCUT2D eigenvalue weighted by Crippen LogP contribution is 2.30. The number of amides is 1. The molecule has 2 rings (SSSR count). The average molecular weight is 245 g/mol. The fourth-order valence-electron chi connectivity index (χ4n) is 1.66. The van der Waals surface area contributed by atoms with Gasteiger partial charge in [-0.2, -0.15) is 18.3 Å². The van der Waals surface area contributed by atoms with Crippen molar-refractivity contribution in [3.8, 4) is 0 Å². The first-order valence-corrected chi connectivity index (χ1v) is 5.03. The molecule has 0 spiro atoms. The molecule has 1 aromatic heterocycles. The number of H-pyrrole nitrogens is 1. The van der Waals surface area contributed by atoms with E-state index in [1.807, 2.05) is 0 Å². The summed E-state index contributed by atoms with van der Waals surface area (Å²) in [4.78, 5) is 13.1. The fourth-order valence-corrected chi connectivity index (χ4v) is 1.66. The van der Waals surface area contributed by atoms with Gasteiger partial charge in [0.25, 0.3) is 5.91 Å². The molecule has 1 aromatic rings. The van der Waals surface area contributed by atoms with E-state index in [4.69, 9.17) is 0 Å². The number of nitrogens with one attached hydrogen (secondary N) is 1. The molecule has 1 amide bonds. The zero-order valence-corrected chi connectivity index (χ0v) is 8.79. The molecule has 1 aliphatic rings. The molecular formula is C10H10F3N3O. The van der Waals surface area contributed by atoms with Gasteiger partial charge in [0.15, 0.2) is 0 Å². The van der Waals surface area contributed by atoms with Crippen LogP contribution in [0.5, 0.6) is 0 Å². The summed E-state index contributed by atoms with van der Waals surface area (Å²) in [5.74, 6) is -0.309. The Kier molecular flexibility index (Phi) is 2.91. The Labute approximate surface area is 95.1 Å². The zero-order valence-electron chi connectivity index (χ0n) is 8.79. The molecule has 0 aromatic carbocycles. The molecule has 1 aliphatic heterocycles. The largest absolute Gasteiger partial charge is 0.412 e. The third kappa shape index (κ3) is 2.48. The van der Waals surface area contributed by atoms with Crippen molar-refractivity contribution in [2.24, 2.45) is 0 Å². The van der Waals surface area contributed by atoms with Crippen LogP contribution < -0.4 is 0 Å². The Morgan fingerprint density at radius 3 is 2.71 bits per heavy atom. The van der Waals surface area contributed by atoms with Crippen molar-refractivity contribution in [1.29, 1.82) is 0 Å². The van der Waals surface area contributed by atoms with Gasteiger partial charge in [-0.05, 0) is 6.42 Å². The lowest BCUT2D eigenvalue weighted by molar-refractivity contribution is -0.0957. The van der Waals surface area contributed by atoms with Gasteiger partial charge in [0.1, 0.15) is 0 Å². The van der Waals surface area contributed by atoms with Crippen molar-refractivity contribution in [2.75, 3.05) is 13.1 Å². The van der Waals surface area contributed by atoms with Crippen LogP contribution in [-0.4, -0.2) is 40.3 Å². The molecule has 0 radical (unpaired) electrons. The number of hydrogen-bond donors (Lipinski definition) is 1. The maximum Gasteiger partial charge on any atom is 0.412 e. The molecule has 17 heavy (non-hydrogen) atoms. The third-order valence-corrected chi connectivity index (χ3v) is 2.61. The van der Waals surface area contributed by atoms with E-state index in [1.165, 1.54) is 17.3 Å². The van der Waals surface area contributed by atoms with Gasteiger partial charge in [-0.25, -0.2) is 0 Å². The number of aromatic amines is 1. The number of carbonyl (C=O) groups excluding carboxylic acids is 1. The first-order chi connectivity index (χ1) is 7.98. The summed E-state index contributed by atoms with van der Waals surface area (Å²) in [6, 6.07) is 0. The first kappa shape index (κ1) is 11.7. The zero-order chi connectivity index (χ0) is 12.5. The minimum Gasteiger partial charge on any atom is -0.334 e. The molecular weight excluding hydrogens is 235 g/mol. The van der Waals surface area contributed by atoms with Crippen LogP contribution in [0.4, 0.5) is 13.2 Å². The molecule has 0 aliphatic carbocycles. The van der Waals surface area contributed by atoms with Gasteiger partial charge < -0.3 is 4.90 Å². The van der Waals surface area contributed by atoms with Crippen LogP contribution in [0, 0.1) is 0 Å². The average Bonchev–Trinajstić information content (AvgIpc) is 2.80. The standard InChI is InChI=1S/C10H10F3N3O/c11-10(12,13)8-1-3-16(4-2-8)9(17)7-5-14-15-6-7/h1,5-6H,2-4H2,(H,14,15). The summed E-state index contributed by atoms with van der Waals surface area (Å²) in [6.07, 6.45) is -0.615. The number of alkyl halides is 3. The summed E-state index contributed by atoms with van der Waals surface area (Å²) in [7, 11) is 0. The smallest absolute Gasteiger partial charge is 0.334 e. The monoisotopic (exact) mass is 245 g/mol. The lowest BCUT2D eigenvalue weighted by Gasteiger charge is -2.26. The first-order valence-electron chi connectivity index (χ1n) is 5.03. The van der Waals surface area contributed by atoms with Gasteiger partial charge in [-0.3, -0.25) is 9.89 Å². The van der Waals surface area contributed by atoms with E-state index in [1.54, 1.807) is 0 Å². The van der Waals surface area contributed by atoms with E-state index in [-0.39, 0.29) is 25.4 Å². The summed E-state index contributed by atoms with van der Waals surface area (Å²) < 4.78 is 37.1. The molecule has 0 atom stereocenters. The molecule has 0 bridgehead atoms. The van der Waals surface area contributed by atoms with Gasteiger partial charge in [0, 0.05) is 24.9 Å². The van der Waals surface area contributed by atoms with E-state index in [0.29, 0.717) is 5.56 Å². The predicted molar refractivity (Wildman–Crippen MR) is 53.2 cm³/mol. The SMILES string of the molecule is O=C(c1cn[nH]c1)N1CC=C(C(F)(F)F)CC1. The van der Waals surface area contributed by atoms with Gasteiger partial charge >= 0.3 is 6.18 Å². The van der Waals surface area contributed by atoms with Crippen LogP contribution in [0.2, 0.25) is 0 Å². The lowest BCUT2D eigenvalue weighted by Crippen LogP contribution is -2.36. The minimum absolute atomic E-state index is 0.0150. The third-order valence-electron chi connectivity index (χ3n) is 2.61. The van der Waals surface area contributed by atoms with Crippen LogP contribution in [0.25, 0.3) is 0 Å². The van der Waals surface area contributed by atoms with Crippen LogP contribution >= 0.6 is 0 Å². The van der Waals surface area contributed by atoms with Crippen molar-refractivity contribution in [1.82, 2.24) is 15.1 Å². The minimum atomic E-state index is -4.29.